The van der Waals surface area contributed by atoms with Crippen LogP contribution in [0.25, 0.3) is 0 Å². The number of benzene rings is 1. The highest BCUT2D eigenvalue weighted by molar-refractivity contribution is 9.10. The minimum absolute atomic E-state index is 0.0228. The van der Waals surface area contributed by atoms with Gasteiger partial charge in [-0.2, -0.15) is 0 Å². The van der Waals surface area contributed by atoms with Gasteiger partial charge in [-0.15, -0.1) is 11.6 Å². The molecule has 16 heavy (non-hydrogen) atoms. The van der Waals surface area contributed by atoms with Crippen LogP contribution < -0.4 is 5.32 Å². The Balaban J connectivity index is 2.52. The zero-order valence-corrected chi connectivity index (χ0v) is 11.7. The molecule has 0 atom stereocenters. The quantitative estimate of drug-likeness (QED) is 0.849. The predicted molar refractivity (Wildman–Crippen MR) is 70.5 cm³/mol. The number of amides is 1. The van der Waals surface area contributed by atoms with E-state index in [1.54, 1.807) is 0 Å². The second-order valence-corrected chi connectivity index (χ2v) is 5.51. The van der Waals surface area contributed by atoms with Crippen LogP contribution in [0.3, 0.4) is 0 Å². The summed E-state index contributed by atoms with van der Waals surface area (Å²) in [6.07, 6.45) is 0. The SMILES string of the molecule is CC(C)(CCl)C(=O)NCc1ccc(Br)cc1. The topological polar surface area (TPSA) is 29.1 Å². The van der Waals surface area contributed by atoms with Crippen LogP contribution in [0, 0.1) is 5.41 Å². The van der Waals surface area contributed by atoms with Gasteiger partial charge in [0.15, 0.2) is 0 Å². The van der Waals surface area contributed by atoms with E-state index in [0.29, 0.717) is 12.4 Å². The number of alkyl halides is 1. The van der Waals surface area contributed by atoms with Gasteiger partial charge in [-0.1, -0.05) is 28.1 Å². The number of rotatable bonds is 4. The van der Waals surface area contributed by atoms with E-state index in [1.165, 1.54) is 0 Å². The molecular formula is C12H15BrClNO. The first kappa shape index (κ1) is 13.5. The third-order valence-corrected chi connectivity index (χ3v) is 3.51. The van der Waals surface area contributed by atoms with Crippen molar-refractivity contribution in [2.75, 3.05) is 5.88 Å². The van der Waals surface area contributed by atoms with Crippen molar-refractivity contribution in [1.82, 2.24) is 5.32 Å². The highest BCUT2D eigenvalue weighted by Crippen LogP contribution is 2.17. The van der Waals surface area contributed by atoms with Crippen LogP contribution in [-0.4, -0.2) is 11.8 Å². The molecule has 0 bridgehead atoms. The summed E-state index contributed by atoms with van der Waals surface area (Å²) >= 11 is 9.09. The molecule has 0 heterocycles. The first-order chi connectivity index (χ1) is 7.45. The van der Waals surface area contributed by atoms with Gasteiger partial charge in [-0.3, -0.25) is 4.79 Å². The fourth-order valence-corrected chi connectivity index (χ4v) is 1.47. The highest BCUT2D eigenvalue weighted by atomic mass is 79.9. The maximum atomic E-state index is 11.7. The lowest BCUT2D eigenvalue weighted by Gasteiger charge is -2.20. The molecule has 1 amide bonds. The van der Waals surface area contributed by atoms with Crippen LogP contribution in [0.5, 0.6) is 0 Å². The third kappa shape index (κ3) is 3.80. The van der Waals surface area contributed by atoms with Crippen molar-refractivity contribution in [2.45, 2.75) is 20.4 Å². The Morgan fingerprint density at radius 1 is 1.38 bits per heavy atom. The summed E-state index contributed by atoms with van der Waals surface area (Å²) in [4.78, 5) is 11.7. The summed E-state index contributed by atoms with van der Waals surface area (Å²) in [5, 5.41) is 2.87. The van der Waals surface area contributed by atoms with Crippen molar-refractivity contribution >= 4 is 33.4 Å². The van der Waals surface area contributed by atoms with Crippen molar-refractivity contribution in [1.29, 1.82) is 0 Å². The Kier molecular flexibility index (Phi) is 4.81. The predicted octanol–water partition coefficient (Wildman–Crippen LogP) is 3.33. The maximum Gasteiger partial charge on any atom is 0.227 e. The molecular weight excluding hydrogens is 289 g/mol. The van der Waals surface area contributed by atoms with E-state index in [0.717, 1.165) is 10.0 Å². The Morgan fingerprint density at radius 2 is 1.94 bits per heavy atom. The molecule has 88 valence electrons. The van der Waals surface area contributed by atoms with Gasteiger partial charge in [0.05, 0.1) is 5.41 Å². The molecule has 2 nitrogen and oxygen atoms in total. The Labute approximate surface area is 110 Å². The zero-order chi connectivity index (χ0) is 12.2. The molecule has 0 saturated carbocycles. The minimum Gasteiger partial charge on any atom is -0.352 e. The molecule has 4 heteroatoms. The molecule has 0 aliphatic carbocycles. The lowest BCUT2D eigenvalue weighted by atomic mass is 9.95. The van der Waals surface area contributed by atoms with Crippen LogP contribution in [0.2, 0.25) is 0 Å². The first-order valence-corrected chi connectivity index (χ1v) is 6.37. The van der Waals surface area contributed by atoms with E-state index < -0.39 is 5.41 Å². The molecule has 0 unspecified atom stereocenters. The summed E-state index contributed by atoms with van der Waals surface area (Å²) in [6.45, 7) is 4.19. The fraction of sp³-hybridized carbons (Fsp3) is 0.417. The number of nitrogens with one attached hydrogen (secondary N) is 1. The number of carbonyl (C=O) groups is 1. The van der Waals surface area contributed by atoms with Crippen molar-refractivity contribution in [3.05, 3.63) is 34.3 Å². The first-order valence-electron chi connectivity index (χ1n) is 5.04. The summed E-state index contributed by atoms with van der Waals surface area (Å²) in [5.41, 5.74) is 0.554. The van der Waals surface area contributed by atoms with Crippen LogP contribution in [0.15, 0.2) is 28.7 Å². The maximum absolute atomic E-state index is 11.7. The number of carbonyl (C=O) groups excluding carboxylic acids is 1. The van der Waals surface area contributed by atoms with Gasteiger partial charge in [0.2, 0.25) is 5.91 Å². The molecule has 0 aliphatic heterocycles. The van der Waals surface area contributed by atoms with Crippen molar-refractivity contribution < 1.29 is 4.79 Å². The van der Waals surface area contributed by atoms with E-state index in [2.05, 4.69) is 21.2 Å². The molecule has 0 fully saturated rings. The molecule has 0 saturated heterocycles. The molecule has 0 aliphatic rings. The lowest BCUT2D eigenvalue weighted by Crippen LogP contribution is -2.37. The molecule has 0 aromatic heterocycles. The van der Waals surface area contributed by atoms with Gasteiger partial charge < -0.3 is 5.32 Å². The summed E-state index contributed by atoms with van der Waals surface area (Å²) < 4.78 is 1.03. The van der Waals surface area contributed by atoms with Crippen LogP contribution >= 0.6 is 27.5 Å². The lowest BCUT2D eigenvalue weighted by molar-refractivity contribution is -0.128. The number of hydrogen-bond donors (Lipinski definition) is 1. The second-order valence-electron chi connectivity index (χ2n) is 4.33. The van der Waals surface area contributed by atoms with Gasteiger partial charge >= 0.3 is 0 Å². The Bertz CT molecular complexity index is 362. The largest absolute Gasteiger partial charge is 0.352 e. The normalized spacial score (nSPS) is 11.2. The highest BCUT2D eigenvalue weighted by Gasteiger charge is 2.25. The second kappa shape index (κ2) is 5.69. The van der Waals surface area contributed by atoms with Crippen molar-refractivity contribution in [3.63, 3.8) is 0 Å². The monoisotopic (exact) mass is 303 g/mol. The van der Waals surface area contributed by atoms with Crippen LogP contribution in [0.1, 0.15) is 19.4 Å². The van der Waals surface area contributed by atoms with E-state index in [1.807, 2.05) is 38.1 Å². The van der Waals surface area contributed by atoms with Crippen LogP contribution in [-0.2, 0) is 11.3 Å². The summed E-state index contributed by atoms with van der Waals surface area (Å²) in [6, 6.07) is 7.85. The van der Waals surface area contributed by atoms with Crippen LogP contribution in [0.4, 0.5) is 0 Å². The van der Waals surface area contributed by atoms with E-state index in [4.69, 9.17) is 11.6 Å². The molecule has 1 rings (SSSR count). The minimum atomic E-state index is -0.517. The molecule has 0 spiro atoms. The molecule has 1 N–H and O–H groups in total. The average molecular weight is 305 g/mol. The van der Waals surface area contributed by atoms with Crippen molar-refractivity contribution in [3.8, 4) is 0 Å². The summed E-state index contributed by atoms with van der Waals surface area (Å²) in [5.74, 6) is 0.296. The standard InChI is InChI=1S/C12H15BrClNO/c1-12(2,8-14)11(16)15-7-9-3-5-10(13)6-4-9/h3-6H,7-8H2,1-2H3,(H,15,16). The van der Waals surface area contributed by atoms with Gasteiger partial charge in [0.25, 0.3) is 0 Å². The molecule has 0 radical (unpaired) electrons. The van der Waals surface area contributed by atoms with Gasteiger partial charge in [-0.05, 0) is 31.5 Å². The van der Waals surface area contributed by atoms with E-state index in [9.17, 15) is 4.79 Å². The Morgan fingerprint density at radius 3 is 2.44 bits per heavy atom. The van der Waals surface area contributed by atoms with E-state index >= 15 is 0 Å². The average Bonchev–Trinajstić information content (AvgIpc) is 2.28. The molecule has 1 aromatic carbocycles. The smallest absolute Gasteiger partial charge is 0.227 e. The Hall–Kier alpha value is -0.540. The summed E-state index contributed by atoms with van der Waals surface area (Å²) in [7, 11) is 0. The van der Waals surface area contributed by atoms with Crippen molar-refractivity contribution in [2.24, 2.45) is 5.41 Å². The van der Waals surface area contributed by atoms with Gasteiger partial charge in [0.1, 0.15) is 0 Å². The van der Waals surface area contributed by atoms with E-state index in [-0.39, 0.29) is 5.91 Å². The van der Waals surface area contributed by atoms with Gasteiger partial charge in [0, 0.05) is 16.9 Å². The fourth-order valence-electron chi connectivity index (χ4n) is 1.08. The third-order valence-electron chi connectivity index (χ3n) is 2.32. The number of hydrogen-bond acceptors (Lipinski definition) is 1. The van der Waals surface area contributed by atoms with Gasteiger partial charge in [-0.25, -0.2) is 0 Å². The zero-order valence-electron chi connectivity index (χ0n) is 9.39. The molecule has 1 aromatic rings. The number of halogens is 2.